The molecule has 0 unspecified atom stereocenters. The van der Waals surface area contributed by atoms with E-state index in [0.717, 1.165) is 37.6 Å². The molecule has 0 aliphatic carbocycles. The highest BCUT2D eigenvalue weighted by Crippen LogP contribution is 2.42. The van der Waals surface area contributed by atoms with Crippen LogP contribution in [0.25, 0.3) is 0 Å². The molecule has 0 spiro atoms. The number of carbonyl (C=O) groups is 3. The number of imide groups is 1. The van der Waals surface area contributed by atoms with Gasteiger partial charge in [0.2, 0.25) is 0 Å². The van der Waals surface area contributed by atoms with E-state index >= 15 is 0 Å². The van der Waals surface area contributed by atoms with E-state index in [1.54, 1.807) is 54.6 Å². The van der Waals surface area contributed by atoms with Gasteiger partial charge in [-0.25, -0.2) is 4.79 Å². The maximum Gasteiger partial charge on any atom is 0.338 e. The standard InChI is InChI=1S/C62H59NO12S/c1-41-31-33-47(34-32-41)76-62-52(63-58(65)48-29-17-18-30-49(48)59(63)66)53(64)54(50(73-62)39-68-35-42-19-7-2-8-20-42)75-61-57(74-60(67)46-27-15-6-16-28-46)56(71-38-45-25-13-5-14-26-45)55(70-37-44-23-11-4-12-24-44)51(72-61)40-69-36-43-21-9-3-10-22-43/h2-34,50-57,61-62,64H,35-40H2,1H3/t50-,51-,52-,53-,54-,55+,56+,57-,61+,62+/m1/s1. The number of fused-ring (bicyclic) bond motifs is 1. The molecule has 1 N–H and O–H groups in total. The first-order valence-corrected chi connectivity index (χ1v) is 26.3. The predicted octanol–water partition coefficient (Wildman–Crippen LogP) is 9.78. The van der Waals surface area contributed by atoms with Crippen LogP contribution in [0.15, 0.2) is 205 Å². The smallest absolute Gasteiger partial charge is 0.338 e. The zero-order valence-electron chi connectivity index (χ0n) is 41.9. The van der Waals surface area contributed by atoms with E-state index in [4.69, 9.17) is 37.9 Å². The van der Waals surface area contributed by atoms with Crippen molar-refractivity contribution in [3.05, 3.63) is 245 Å². The number of benzene rings is 7. The Morgan fingerprint density at radius 3 is 1.49 bits per heavy atom. The van der Waals surface area contributed by atoms with E-state index in [1.807, 2.05) is 153 Å². The number of ether oxygens (including phenoxy) is 8. The van der Waals surface area contributed by atoms with Crippen LogP contribution in [-0.2, 0) is 64.3 Å². The third kappa shape index (κ3) is 12.7. The third-order valence-corrected chi connectivity index (χ3v) is 14.7. The van der Waals surface area contributed by atoms with Gasteiger partial charge in [0, 0.05) is 4.90 Å². The number of nitrogens with zero attached hydrogens (tertiary/aromatic N) is 1. The highest BCUT2D eigenvalue weighted by molar-refractivity contribution is 7.99. The van der Waals surface area contributed by atoms with Gasteiger partial charge in [-0.05, 0) is 65.6 Å². The molecule has 0 bridgehead atoms. The van der Waals surface area contributed by atoms with Crippen LogP contribution in [0.2, 0.25) is 0 Å². The van der Waals surface area contributed by atoms with Crippen LogP contribution in [0.1, 0.15) is 58.9 Å². The summed E-state index contributed by atoms with van der Waals surface area (Å²) < 4.78 is 54.3. The average molecular weight is 1040 g/mol. The number of aryl methyl sites for hydroxylation is 1. The van der Waals surface area contributed by atoms with E-state index in [-0.39, 0.29) is 56.3 Å². The molecule has 10 rings (SSSR count). The first-order chi connectivity index (χ1) is 37.3. The summed E-state index contributed by atoms with van der Waals surface area (Å²) in [5.74, 6) is -1.88. The summed E-state index contributed by atoms with van der Waals surface area (Å²) in [6.07, 6.45) is -9.95. The SMILES string of the molecule is Cc1ccc(S[C@@H]2O[C@H](COCc3ccccc3)[C@@H](O[C@@H]3O[C@H](COCc4ccccc4)[C@H](OCc4ccccc4)[C@H](OCc4ccccc4)[C@H]3OC(=O)c3ccccc3)[C@H](O)[C@H]2N2C(=O)c3ccccc3C2=O)cc1. The lowest BCUT2D eigenvalue weighted by atomic mass is 9.95. The highest BCUT2D eigenvalue weighted by atomic mass is 32.2. The molecule has 14 heteroatoms. The molecular formula is C62H59NO12S. The molecule has 2 amide bonds. The minimum atomic E-state index is -1.64. The van der Waals surface area contributed by atoms with E-state index in [0.29, 0.717) is 0 Å². The van der Waals surface area contributed by atoms with Crippen molar-refractivity contribution in [2.24, 2.45) is 0 Å². The Labute approximate surface area is 446 Å². The minimum Gasteiger partial charge on any atom is -0.450 e. The first-order valence-electron chi connectivity index (χ1n) is 25.4. The fourth-order valence-corrected chi connectivity index (χ4v) is 10.8. The van der Waals surface area contributed by atoms with Crippen LogP contribution in [0.4, 0.5) is 0 Å². The lowest BCUT2D eigenvalue weighted by molar-refractivity contribution is -0.345. The molecule has 7 aromatic rings. The number of hydrogen-bond acceptors (Lipinski definition) is 13. The minimum absolute atomic E-state index is 0.0287. The lowest BCUT2D eigenvalue weighted by Gasteiger charge is -2.50. The molecule has 3 heterocycles. The van der Waals surface area contributed by atoms with Crippen molar-refractivity contribution in [3.8, 4) is 0 Å². The molecule has 390 valence electrons. The van der Waals surface area contributed by atoms with E-state index < -0.39 is 78.3 Å². The van der Waals surface area contributed by atoms with Crippen molar-refractivity contribution in [1.29, 1.82) is 0 Å². The number of aliphatic hydroxyl groups is 1. The van der Waals surface area contributed by atoms with Crippen molar-refractivity contribution in [2.75, 3.05) is 13.2 Å². The molecule has 76 heavy (non-hydrogen) atoms. The molecular weight excluding hydrogens is 983 g/mol. The average Bonchev–Trinajstić information content (AvgIpc) is 3.73. The Morgan fingerprint density at radius 1 is 0.526 bits per heavy atom. The maximum atomic E-state index is 14.5. The number of amides is 2. The summed E-state index contributed by atoms with van der Waals surface area (Å²) >= 11 is 1.27. The molecule has 7 aromatic carbocycles. The van der Waals surface area contributed by atoms with Crippen LogP contribution in [-0.4, -0.2) is 101 Å². The molecule has 2 saturated heterocycles. The van der Waals surface area contributed by atoms with Crippen molar-refractivity contribution >= 4 is 29.5 Å². The summed E-state index contributed by atoms with van der Waals surface area (Å²) in [6.45, 7) is 2.47. The molecule has 10 atom stereocenters. The molecule has 3 aliphatic rings. The highest BCUT2D eigenvalue weighted by Gasteiger charge is 2.57. The number of carbonyl (C=O) groups excluding carboxylic acids is 3. The Hall–Kier alpha value is -6.82. The van der Waals surface area contributed by atoms with Gasteiger partial charge in [0.05, 0.1) is 56.3 Å². The monoisotopic (exact) mass is 1040 g/mol. The van der Waals surface area contributed by atoms with Gasteiger partial charge in [-0.2, -0.15) is 0 Å². The van der Waals surface area contributed by atoms with Crippen molar-refractivity contribution in [3.63, 3.8) is 0 Å². The fraction of sp³-hybridized carbons (Fsp3) is 0.274. The summed E-state index contributed by atoms with van der Waals surface area (Å²) in [7, 11) is 0. The second-order valence-electron chi connectivity index (χ2n) is 18.9. The van der Waals surface area contributed by atoms with Crippen LogP contribution >= 0.6 is 11.8 Å². The first kappa shape index (κ1) is 52.6. The quantitative estimate of drug-likeness (QED) is 0.0538. The predicted molar refractivity (Wildman–Crippen MR) is 284 cm³/mol. The second-order valence-corrected chi connectivity index (χ2v) is 20.1. The topological polar surface area (TPSA) is 149 Å². The van der Waals surface area contributed by atoms with Gasteiger partial charge in [-0.1, -0.05) is 181 Å². The molecule has 0 radical (unpaired) electrons. The second kappa shape index (κ2) is 25.3. The van der Waals surface area contributed by atoms with Crippen molar-refractivity contribution in [2.45, 2.75) is 98.7 Å². The van der Waals surface area contributed by atoms with Gasteiger partial charge in [0.1, 0.15) is 48.1 Å². The molecule has 0 aromatic heterocycles. The van der Waals surface area contributed by atoms with Crippen LogP contribution in [0.5, 0.6) is 0 Å². The normalized spacial score (nSPS) is 24.3. The van der Waals surface area contributed by atoms with E-state index in [1.165, 1.54) is 11.8 Å². The zero-order valence-corrected chi connectivity index (χ0v) is 42.7. The Morgan fingerprint density at radius 2 is 0.974 bits per heavy atom. The van der Waals surface area contributed by atoms with Gasteiger partial charge < -0.3 is 43.0 Å². The number of esters is 1. The van der Waals surface area contributed by atoms with Crippen LogP contribution in [0, 0.1) is 6.92 Å². The van der Waals surface area contributed by atoms with Gasteiger partial charge >= 0.3 is 5.97 Å². The van der Waals surface area contributed by atoms with Crippen LogP contribution in [0.3, 0.4) is 0 Å². The molecule has 2 fully saturated rings. The zero-order chi connectivity index (χ0) is 52.2. The van der Waals surface area contributed by atoms with Gasteiger partial charge in [0.25, 0.3) is 11.8 Å². The molecule has 0 saturated carbocycles. The largest absolute Gasteiger partial charge is 0.450 e. The van der Waals surface area contributed by atoms with Gasteiger partial charge in [-0.3, -0.25) is 14.5 Å². The van der Waals surface area contributed by atoms with Crippen molar-refractivity contribution < 1.29 is 57.4 Å². The number of thioether (sulfide) groups is 1. The van der Waals surface area contributed by atoms with E-state index in [2.05, 4.69) is 0 Å². The van der Waals surface area contributed by atoms with Gasteiger partial charge in [0.15, 0.2) is 12.4 Å². The Balaban J connectivity index is 1.06. The number of hydrogen-bond donors (Lipinski definition) is 1. The van der Waals surface area contributed by atoms with Gasteiger partial charge in [-0.15, -0.1) is 0 Å². The third-order valence-electron chi connectivity index (χ3n) is 13.5. The maximum absolute atomic E-state index is 14.5. The number of rotatable bonds is 21. The Bertz CT molecular complexity index is 2940. The fourth-order valence-electron chi connectivity index (χ4n) is 9.64. The summed E-state index contributed by atoms with van der Waals surface area (Å²) in [5.41, 5.74) is 4.20. The lowest BCUT2D eigenvalue weighted by Crippen LogP contribution is -2.68. The summed E-state index contributed by atoms with van der Waals surface area (Å²) in [6, 6.07) is 60.1. The summed E-state index contributed by atoms with van der Waals surface area (Å²) in [5, 5.41) is 13.2. The Kier molecular flexibility index (Phi) is 17.5. The summed E-state index contributed by atoms with van der Waals surface area (Å²) in [4.78, 5) is 45.4. The molecule has 13 nitrogen and oxygen atoms in total. The molecule has 3 aliphatic heterocycles. The number of aliphatic hydroxyl groups excluding tert-OH is 1. The van der Waals surface area contributed by atoms with Crippen molar-refractivity contribution in [1.82, 2.24) is 4.90 Å². The van der Waals surface area contributed by atoms with E-state index in [9.17, 15) is 19.5 Å². The van der Waals surface area contributed by atoms with Crippen LogP contribution < -0.4 is 0 Å².